The quantitative estimate of drug-likeness (QED) is 0.816. The van der Waals surface area contributed by atoms with Crippen LogP contribution >= 0.6 is 12.2 Å². The Morgan fingerprint density at radius 2 is 1.83 bits per heavy atom. The van der Waals surface area contributed by atoms with Crippen LogP contribution in [0.15, 0.2) is 24.3 Å². The van der Waals surface area contributed by atoms with Crippen LogP contribution in [0.1, 0.15) is 20.8 Å². The fraction of sp³-hybridized carbons (Fsp3) is 0.529. The predicted octanol–water partition coefficient (Wildman–Crippen LogP) is 2.05. The van der Waals surface area contributed by atoms with Gasteiger partial charge in [0.05, 0.1) is 12.2 Å². The zero-order valence-corrected chi connectivity index (χ0v) is 15.3. The molecule has 0 unspecified atom stereocenters. The molecule has 0 spiro atoms. The highest BCUT2D eigenvalue weighted by Gasteiger charge is 2.22. The van der Waals surface area contributed by atoms with Gasteiger partial charge in [-0.15, -0.1) is 0 Å². The summed E-state index contributed by atoms with van der Waals surface area (Å²) < 4.78 is 13.7. The Labute approximate surface area is 148 Å². The van der Waals surface area contributed by atoms with E-state index in [-0.39, 0.29) is 17.3 Å². The van der Waals surface area contributed by atoms with Crippen molar-refractivity contribution in [3.05, 3.63) is 30.1 Å². The molecule has 2 N–H and O–H groups in total. The van der Waals surface area contributed by atoms with Gasteiger partial charge < -0.3 is 15.5 Å². The van der Waals surface area contributed by atoms with Gasteiger partial charge in [-0.25, -0.2) is 4.39 Å². The van der Waals surface area contributed by atoms with Crippen LogP contribution in [0.5, 0.6) is 0 Å². The van der Waals surface area contributed by atoms with E-state index in [1.165, 1.54) is 6.07 Å². The molecule has 24 heavy (non-hydrogen) atoms. The first-order chi connectivity index (χ1) is 11.2. The number of hydrogen-bond acceptors (Lipinski definition) is 3. The van der Waals surface area contributed by atoms with E-state index < -0.39 is 0 Å². The summed E-state index contributed by atoms with van der Waals surface area (Å²) in [6, 6.07) is 6.47. The Bertz CT molecular complexity index is 594. The number of thiocarbonyl (C=S) groups is 1. The number of carbonyl (C=O) groups excluding carboxylic acids is 1. The van der Waals surface area contributed by atoms with Crippen LogP contribution in [0.3, 0.4) is 0 Å². The Hall–Kier alpha value is -1.73. The summed E-state index contributed by atoms with van der Waals surface area (Å²) in [5.74, 6) is -0.291. The number of anilines is 1. The van der Waals surface area contributed by atoms with Gasteiger partial charge in [-0.05, 0) is 45.1 Å². The van der Waals surface area contributed by atoms with Crippen LogP contribution in [0.2, 0.25) is 0 Å². The van der Waals surface area contributed by atoms with E-state index in [9.17, 15) is 9.18 Å². The lowest BCUT2D eigenvalue weighted by Crippen LogP contribution is -2.53. The lowest BCUT2D eigenvalue weighted by atomic mass is 10.1. The number of hydrogen-bond donors (Lipinski definition) is 2. The molecule has 0 bridgehead atoms. The molecule has 1 saturated heterocycles. The Balaban J connectivity index is 1.79. The smallest absolute Gasteiger partial charge is 0.234 e. The Morgan fingerprint density at radius 3 is 2.42 bits per heavy atom. The second kappa shape index (κ2) is 7.90. The van der Waals surface area contributed by atoms with Gasteiger partial charge in [0.25, 0.3) is 0 Å². The van der Waals surface area contributed by atoms with Crippen molar-refractivity contribution < 1.29 is 9.18 Å². The van der Waals surface area contributed by atoms with E-state index in [0.717, 1.165) is 13.1 Å². The second-order valence-corrected chi connectivity index (χ2v) is 7.36. The maximum atomic E-state index is 13.7. The van der Waals surface area contributed by atoms with Crippen molar-refractivity contribution in [3.63, 3.8) is 0 Å². The van der Waals surface area contributed by atoms with Crippen molar-refractivity contribution in [2.24, 2.45) is 0 Å². The molecule has 5 nitrogen and oxygen atoms in total. The van der Waals surface area contributed by atoms with E-state index in [1.54, 1.807) is 18.2 Å². The summed E-state index contributed by atoms with van der Waals surface area (Å²) in [7, 11) is 0. The number of carbonyl (C=O) groups is 1. The number of rotatable bonds is 3. The van der Waals surface area contributed by atoms with Crippen molar-refractivity contribution in [3.8, 4) is 0 Å². The maximum absolute atomic E-state index is 13.7. The van der Waals surface area contributed by atoms with Crippen molar-refractivity contribution in [1.29, 1.82) is 0 Å². The highest BCUT2D eigenvalue weighted by atomic mass is 32.1. The van der Waals surface area contributed by atoms with E-state index in [1.807, 2.05) is 25.7 Å². The minimum absolute atomic E-state index is 0.0306. The number of halogens is 1. The molecule has 1 heterocycles. The molecular weight excluding hydrogens is 327 g/mol. The van der Waals surface area contributed by atoms with Gasteiger partial charge in [-0.2, -0.15) is 0 Å². The van der Waals surface area contributed by atoms with Crippen molar-refractivity contribution in [2.75, 3.05) is 38.0 Å². The molecule has 132 valence electrons. The van der Waals surface area contributed by atoms with E-state index in [4.69, 9.17) is 12.2 Å². The fourth-order valence-electron chi connectivity index (χ4n) is 2.53. The maximum Gasteiger partial charge on any atom is 0.234 e. The third-order valence-electron chi connectivity index (χ3n) is 3.66. The first-order valence-corrected chi connectivity index (χ1v) is 8.49. The van der Waals surface area contributed by atoms with Gasteiger partial charge >= 0.3 is 0 Å². The van der Waals surface area contributed by atoms with Gasteiger partial charge in [0, 0.05) is 31.7 Å². The number of nitrogens with zero attached hydrogens (tertiary/aromatic N) is 2. The minimum Gasteiger partial charge on any atom is -0.350 e. The highest BCUT2D eigenvalue weighted by molar-refractivity contribution is 7.80. The summed E-state index contributed by atoms with van der Waals surface area (Å²) in [5.41, 5.74) is 0.166. The monoisotopic (exact) mass is 352 g/mol. The van der Waals surface area contributed by atoms with Crippen molar-refractivity contribution in [1.82, 2.24) is 15.1 Å². The molecule has 1 aliphatic rings. The SMILES string of the molecule is CC(C)(C)NC(=O)CN1CCN(C(=S)Nc2ccccc2F)CC1. The number of benzene rings is 1. The first-order valence-electron chi connectivity index (χ1n) is 8.08. The molecular formula is C17H25FN4OS. The van der Waals surface area contributed by atoms with Gasteiger partial charge in [0.15, 0.2) is 5.11 Å². The molecule has 1 aromatic rings. The van der Waals surface area contributed by atoms with Crippen LogP contribution < -0.4 is 10.6 Å². The molecule has 1 aliphatic heterocycles. The number of nitrogens with one attached hydrogen (secondary N) is 2. The summed E-state index contributed by atoms with van der Waals surface area (Å²) in [5, 5.41) is 6.43. The van der Waals surface area contributed by atoms with Gasteiger partial charge in [0.2, 0.25) is 5.91 Å². The molecule has 7 heteroatoms. The third kappa shape index (κ3) is 5.72. The molecule has 0 aromatic heterocycles. The first kappa shape index (κ1) is 18.6. The predicted molar refractivity (Wildman–Crippen MR) is 98.5 cm³/mol. The molecule has 1 fully saturated rings. The zero-order valence-electron chi connectivity index (χ0n) is 14.4. The number of para-hydroxylation sites is 1. The molecule has 2 rings (SSSR count). The van der Waals surface area contributed by atoms with Crippen LogP contribution in [-0.4, -0.2) is 59.1 Å². The molecule has 0 aliphatic carbocycles. The van der Waals surface area contributed by atoms with Gasteiger partial charge in [-0.1, -0.05) is 12.1 Å². The van der Waals surface area contributed by atoms with Crippen LogP contribution in [0.25, 0.3) is 0 Å². The summed E-state index contributed by atoms with van der Waals surface area (Å²) in [6.07, 6.45) is 0. The molecule has 0 radical (unpaired) electrons. The standard InChI is InChI=1S/C17H25FN4OS/c1-17(2,3)20-15(23)12-21-8-10-22(11-9-21)16(24)19-14-7-5-4-6-13(14)18/h4-7H,8-12H2,1-3H3,(H,19,24)(H,20,23). The summed E-state index contributed by atoms with van der Waals surface area (Å²) >= 11 is 5.36. The lowest BCUT2D eigenvalue weighted by molar-refractivity contribution is -0.123. The van der Waals surface area contributed by atoms with Gasteiger partial charge in [-0.3, -0.25) is 9.69 Å². The second-order valence-electron chi connectivity index (χ2n) is 6.97. The molecule has 1 aromatic carbocycles. The fourth-order valence-corrected chi connectivity index (χ4v) is 2.82. The average Bonchev–Trinajstić information content (AvgIpc) is 2.48. The average molecular weight is 352 g/mol. The largest absolute Gasteiger partial charge is 0.350 e. The van der Waals surface area contributed by atoms with Gasteiger partial charge in [0.1, 0.15) is 5.82 Å². The Kier molecular flexibility index (Phi) is 6.12. The van der Waals surface area contributed by atoms with Crippen LogP contribution in [-0.2, 0) is 4.79 Å². The highest BCUT2D eigenvalue weighted by Crippen LogP contribution is 2.14. The van der Waals surface area contributed by atoms with Crippen molar-refractivity contribution >= 4 is 28.9 Å². The zero-order chi connectivity index (χ0) is 17.7. The third-order valence-corrected chi connectivity index (χ3v) is 4.02. The normalized spacial score (nSPS) is 15.9. The molecule has 1 amide bonds. The Morgan fingerprint density at radius 1 is 1.21 bits per heavy atom. The summed E-state index contributed by atoms with van der Waals surface area (Å²) in [6.45, 7) is 9.21. The molecule has 0 atom stereocenters. The van der Waals surface area contributed by atoms with E-state index in [0.29, 0.717) is 30.4 Å². The number of piperazine rings is 1. The van der Waals surface area contributed by atoms with Crippen molar-refractivity contribution in [2.45, 2.75) is 26.3 Å². The van der Waals surface area contributed by atoms with Crippen LogP contribution in [0, 0.1) is 5.82 Å². The number of amides is 1. The topological polar surface area (TPSA) is 47.6 Å². The molecule has 0 saturated carbocycles. The minimum atomic E-state index is -0.322. The lowest BCUT2D eigenvalue weighted by Gasteiger charge is -2.36. The van der Waals surface area contributed by atoms with E-state index in [2.05, 4.69) is 15.5 Å². The summed E-state index contributed by atoms with van der Waals surface area (Å²) in [4.78, 5) is 16.1. The van der Waals surface area contributed by atoms with Crippen LogP contribution in [0.4, 0.5) is 10.1 Å². The van der Waals surface area contributed by atoms with E-state index >= 15 is 0 Å².